The normalized spacial score (nSPS) is 19.1. The molecule has 2 N–H and O–H groups in total. The lowest BCUT2D eigenvalue weighted by atomic mass is 9.81. The Morgan fingerprint density at radius 1 is 1.37 bits per heavy atom. The number of rotatable bonds is 6. The fraction of sp³-hybridized carbons (Fsp3) is 0.294. The Balaban J connectivity index is 2.56. The molecule has 0 aliphatic heterocycles. The summed E-state index contributed by atoms with van der Waals surface area (Å²) in [6.07, 6.45) is 2.94. The van der Waals surface area contributed by atoms with E-state index >= 15 is 0 Å². The van der Waals surface area contributed by atoms with Gasteiger partial charge in [0.25, 0.3) is 11.6 Å². The average Bonchev–Trinajstić information content (AvgIpc) is 2.63. The minimum atomic E-state index is -1.84. The molecule has 0 fully saturated rings. The van der Waals surface area contributed by atoms with E-state index in [-0.39, 0.29) is 35.5 Å². The largest absolute Gasteiger partial charge is 0.462 e. The van der Waals surface area contributed by atoms with Crippen LogP contribution in [0.15, 0.2) is 47.7 Å². The molecule has 0 bridgehead atoms. The first kappa shape index (κ1) is 20.9. The lowest BCUT2D eigenvalue weighted by molar-refractivity contribution is -0.384. The van der Waals surface area contributed by atoms with Gasteiger partial charge < -0.3 is 15.2 Å². The van der Waals surface area contributed by atoms with Gasteiger partial charge in [-0.1, -0.05) is 29.3 Å². The highest BCUT2D eigenvalue weighted by atomic mass is 35.5. The maximum Gasteiger partial charge on any atom is 0.340 e. The van der Waals surface area contributed by atoms with E-state index in [9.17, 15) is 24.8 Å². The molecule has 0 aromatic heterocycles. The van der Waals surface area contributed by atoms with Crippen LogP contribution >= 0.6 is 23.2 Å². The summed E-state index contributed by atoms with van der Waals surface area (Å²) in [5.41, 5.74) is -2.02. The molecule has 0 heterocycles. The predicted octanol–water partition coefficient (Wildman–Crippen LogP) is 2.48. The molecule has 0 saturated heterocycles. The molecule has 144 valence electrons. The van der Waals surface area contributed by atoms with Crippen LogP contribution in [-0.4, -0.2) is 33.3 Å². The Bertz CT molecular complexity index is 819. The maximum atomic E-state index is 12.3. The number of carbonyl (C=O) groups excluding carboxylic acids is 2. The highest BCUT2D eigenvalue weighted by Crippen LogP contribution is 2.38. The Labute approximate surface area is 164 Å². The van der Waals surface area contributed by atoms with Gasteiger partial charge in [-0.05, 0) is 30.7 Å². The van der Waals surface area contributed by atoms with Crippen LogP contribution in [0.25, 0.3) is 0 Å². The molecule has 0 saturated carbocycles. The van der Waals surface area contributed by atoms with Gasteiger partial charge >= 0.3 is 5.97 Å². The van der Waals surface area contributed by atoms with Crippen LogP contribution < -0.4 is 5.32 Å². The molecule has 1 aromatic carbocycles. The van der Waals surface area contributed by atoms with Crippen LogP contribution in [0.5, 0.6) is 0 Å². The second-order valence-corrected chi connectivity index (χ2v) is 6.67. The molecule has 1 aliphatic rings. The first-order chi connectivity index (χ1) is 12.7. The van der Waals surface area contributed by atoms with E-state index in [4.69, 9.17) is 27.9 Å². The molecule has 1 aliphatic carbocycles. The minimum absolute atomic E-state index is 0.00142. The number of nitro benzene ring substituents is 1. The third kappa shape index (κ3) is 4.47. The molecule has 0 unspecified atom stereocenters. The van der Waals surface area contributed by atoms with E-state index in [0.717, 1.165) is 0 Å². The fourth-order valence-electron chi connectivity index (χ4n) is 2.60. The maximum absolute atomic E-state index is 12.3. The van der Waals surface area contributed by atoms with Crippen molar-refractivity contribution in [2.45, 2.75) is 23.8 Å². The zero-order chi connectivity index (χ0) is 20.2. The molecule has 0 spiro atoms. The lowest BCUT2D eigenvalue weighted by Crippen LogP contribution is -2.43. The van der Waals surface area contributed by atoms with Crippen molar-refractivity contribution < 1.29 is 24.4 Å². The number of carbonyl (C=O) groups is 2. The van der Waals surface area contributed by atoms with Crippen molar-refractivity contribution in [3.63, 3.8) is 0 Å². The Morgan fingerprint density at radius 2 is 2.00 bits per heavy atom. The second-order valence-electron chi connectivity index (χ2n) is 5.57. The Kier molecular flexibility index (Phi) is 6.59. The zero-order valence-corrected chi connectivity index (χ0v) is 15.7. The summed E-state index contributed by atoms with van der Waals surface area (Å²) >= 11 is 11.1. The average molecular weight is 415 g/mol. The third-order valence-electron chi connectivity index (χ3n) is 3.88. The number of halogens is 2. The quantitative estimate of drug-likeness (QED) is 0.319. The molecule has 1 aromatic rings. The monoisotopic (exact) mass is 414 g/mol. The summed E-state index contributed by atoms with van der Waals surface area (Å²) < 4.78 is 4.97. The van der Waals surface area contributed by atoms with Crippen LogP contribution in [0.3, 0.4) is 0 Å². The van der Waals surface area contributed by atoms with Gasteiger partial charge in [0, 0.05) is 18.6 Å². The van der Waals surface area contributed by atoms with Gasteiger partial charge in [0.05, 0.1) is 22.8 Å². The molecule has 1 amide bonds. The van der Waals surface area contributed by atoms with Crippen LogP contribution in [0.2, 0.25) is 0 Å². The van der Waals surface area contributed by atoms with E-state index in [1.807, 2.05) is 0 Å². The smallest absolute Gasteiger partial charge is 0.340 e. The molecular formula is C17H16Cl2N2O6. The number of non-ortho nitro benzene ring substituents is 1. The number of nitrogens with one attached hydrogen (secondary N) is 1. The van der Waals surface area contributed by atoms with Gasteiger partial charge in [-0.25, -0.2) is 4.79 Å². The third-order valence-corrected chi connectivity index (χ3v) is 4.27. The SMILES string of the molecule is CCOC(=O)C1=C(NC(=O)C(Cl)Cl)[C@](O)(c2ccc([N+](=O)[O-])cc2)CC=C1. The number of esters is 1. The highest BCUT2D eigenvalue weighted by Gasteiger charge is 2.40. The molecule has 27 heavy (non-hydrogen) atoms. The molecule has 8 nitrogen and oxygen atoms in total. The first-order valence-corrected chi connectivity index (χ1v) is 8.72. The Hall–Kier alpha value is -2.42. The summed E-state index contributed by atoms with van der Waals surface area (Å²) in [5.74, 6) is -1.60. The summed E-state index contributed by atoms with van der Waals surface area (Å²) in [5, 5.41) is 24.5. The summed E-state index contributed by atoms with van der Waals surface area (Å²) in [4.78, 5) is 33.1. The van der Waals surface area contributed by atoms with Gasteiger partial charge in [-0.15, -0.1) is 0 Å². The highest BCUT2D eigenvalue weighted by molar-refractivity contribution is 6.53. The molecule has 2 rings (SSSR count). The number of amides is 1. The number of aliphatic hydroxyl groups is 1. The Morgan fingerprint density at radius 3 is 2.52 bits per heavy atom. The van der Waals surface area contributed by atoms with Crippen molar-refractivity contribution in [3.05, 3.63) is 63.4 Å². The van der Waals surface area contributed by atoms with Crippen molar-refractivity contribution in [3.8, 4) is 0 Å². The van der Waals surface area contributed by atoms with Crippen molar-refractivity contribution in [2.24, 2.45) is 0 Å². The second kappa shape index (κ2) is 8.51. The molecule has 10 heteroatoms. The van der Waals surface area contributed by atoms with Crippen LogP contribution in [-0.2, 0) is 19.9 Å². The van der Waals surface area contributed by atoms with Crippen molar-refractivity contribution in [1.29, 1.82) is 0 Å². The number of hydrogen-bond acceptors (Lipinski definition) is 6. The van der Waals surface area contributed by atoms with Gasteiger partial charge in [0.15, 0.2) is 4.84 Å². The fourth-order valence-corrected chi connectivity index (χ4v) is 2.71. The summed E-state index contributed by atoms with van der Waals surface area (Å²) in [6.45, 7) is 1.69. The van der Waals surface area contributed by atoms with Crippen molar-refractivity contribution >= 4 is 40.8 Å². The first-order valence-electron chi connectivity index (χ1n) is 7.85. The number of hydrogen-bond donors (Lipinski definition) is 2. The van der Waals surface area contributed by atoms with Crippen molar-refractivity contribution in [2.75, 3.05) is 6.61 Å². The van der Waals surface area contributed by atoms with Crippen molar-refractivity contribution in [1.82, 2.24) is 5.32 Å². The zero-order valence-electron chi connectivity index (χ0n) is 14.1. The summed E-state index contributed by atoms with van der Waals surface area (Å²) in [6, 6.07) is 5.10. The van der Waals surface area contributed by atoms with E-state index in [2.05, 4.69) is 5.32 Å². The molecule has 1 atom stereocenters. The molecular weight excluding hydrogens is 399 g/mol. The van der Waals surface area contributed by atoms with Crippen LogP contribution in [0.4, 0.5) is 5.69 Å². The van der Waals surface area contributed by atoms with Gasteiger partial charge in [0.2, 0.25) is 0 Å². The number of nitrogens with zero attached hydrogens (tertiary/aromatic N) is 1. The standard InChI is InChI=1S/C17H16Cl2N2O6/c1-2-27-16(23)12-4-3-9-17(24,13(12)20-15(22)14(18)19)10-5-7-11(8-6-10)21(25)26/h3-8,14,24H,2,9H2,1H3,(H,20,22)/t17-/m1/s1. The van der Waals surface area contributed by atoms with Gasteiger partial charge in [-0.3, -0.25) is 14.9 Å². The van der Waals surface area contributed by atoms with Crippen LogP contribution in [0.1, 0.15) is 18.9 Å². The van der Waals surface area contributed by atoms with Crippen LogP contribution in [0, 0.1) is 10.1 Å². The van der Waals surface area contributed by atoms with E-state index in [1.54, 1.807) is 6.92 Å². The van der Waals surface area contributed by atoms with E-state index in [1.165, 1.54) is 36.4 Å². The number of nitro groups is 1. The summed E-state index contributed by atoms with van der Waals surface area (Å²) in [7, 11) is 0. The molecule has 0 radical (unpaired) electrons. The number of ether oxygens (including phenoxy) is 1. The number of benzene rings is 1. The number of alkyl halides is 2. The van der Waals surface area contributed by atoms with Gasteiger partial charge in [0.1, 0.15) is 5.60 Å². The van der Waals surface area contributed by atoms with E-state index < -0.39 is 27.2 Å². The lowest BCUT2D eigenvalue weighted by Gasteiger charge is -2.34. The van der Waals surface area contributed by atoms with E-state index in [0.29, 0.717) is 0 Å². The topological polar surface area (TPSA) is 119 Å². The minimum Gasteiger partial charge on any atom is -0.462 e. The predicted molar refractivity (Wildman–Crippen MR) is 98.0 cm³/mol. The van der Waals surface area contributed by atoms with Gasteiger partial charge in [-0.2, -0.15) is 0 Å².